The van der Waals surface area contributed by atoms with E-state index in [1.54, 1.807) is 6.33 Å². The summed E-state index contributed by atoms with van der Waals surface area (Å²) in [5, 5.41) is 1.20. The molecule has 130 valence electrons. The highest BCUT2D eigenvalue weighted by Crippen LogP contribution is 2.40. The molecule has 0 spiro atoms. The zero-order valence-electron chi connectivity index (χ0n) is 14.8. The van der Waals surface area contributed by atoms with Crippen LogP contribution in [0.4, 0.5) is 0 Å². The van der Waals surface area contributed by atoms with Crippen molar-refractivity contribution < 1.29 is 4.74 Å². The van der Waals surface area contributed by atoms with Crippen molar-refractivity contribution in [2.75, 3.05) is 20.2 Å². The third kappa shape index (κ3) is 3.04. The molecule has 5 heteroatoms. The highest BCUT2D eigenvalue weighted by molar-refractivity contribution is 7.18. The summed E-state index contributed by atoms with van der Waals surface area (Å²) in [5.74, 6) is 1.50. The van der Waals surface area contributed by atoms with Crippen LogP contribution in [0.15, 0.2) is 6.33 Å². The molecule has 2 aliphatic rings. The molecule has 2 heterocycles. The van der Waals surface area contributed by atoms with Gasteiger partial charge < -0.3 is 9.64 Å². The molecule has 0 radical (unpaired) electrons. The summed E-state index contributed by atoms with van der Waals surface area (Å²) in [5.41, 5.74) is 1.46. The van der Waals surface area contributed by atoms with Gasteiger partial charge in [0.05, 0.1) is 12.0 Å². The van der Waals surface area contributed by atoms with E-state index in [0.29, 0.717) is 5.92 Å². The SMILES string of the molecule is CCN(C)C1CCC(COc2ncnc3sc4c(c23)CCC4)CC1. The van der Waals surface area contributed by atoms with Crippen molar-refractivity contribution in [3.05, 3.63) is 16.8 Å². The van der Waals surface area contributed by atoms with E-state index in [9.17, 15) is 0 Å². The number of hydrogen-bond acceptors (Lipinski definition) is 5. The molecule has 0 unspecified atom stereocenters. The number of ether oxygens (including phenoxy) is 1. The molecule has 0 amide bonds. The Bertz CT molecular complexity index is 706. The third-order valence-electron chi connectivity index (χ3n) is 5.86. The maximum Gasteiger partial charge on any atom is 0.225 e. The van der Waals surface area contributed by atoms with Crippen molar-refractivity contribution in [1.82, 2.24) is 14.9 Å². The minimum atomic E-state index is 0.670. The summed E-state index contributed by atoms with van der Waals surface area (Å²) >= 11 is 1.83. The van der Waals surface area contributed by atoms with Gasteiger partial charge >= 0.3 is 0 Å². The molecular weight excluding hydrogens is 318 g/mol. The molecule has 4 rings (SSSR count). The fourth-order valence-corrected chi connectivity index (χ4v) is 5.44. The Kier molecular flexibility index (Phi) is 4.72. The van der Waals surface area contributed by atoms with Crippen LogP contribution in [-0.4, -0.2) is 41.1 Å². The van der Waals surface area contributed by atoms with Gasteiger partial charge in [0.25, 0.3) is 0 Å². The Balaban J connectivity index is 1.41. The van der Waals surface area contributed by atoms with Gasteiger partial charge in [-0.15, -0.1) is 11.3 Å². The van der Waals surface area contributed by atoms with Crippen LogP contribution in [0.5, 0.6) is 5.88 Å². The molecule has 4 nitrogen and oxygen atoms in total. The Morgan fingerprint density at radius 1 is 1.21 bits per heavy atom. The predicted molar refractivity (Wildman–Crippen MR) is 99.0 cm³/mol. The molecule has 0 aliphatic heterocycles. The van der Waals surface area contributed by atoms with Gasteiger partial charge in [-0.2, -0.15) is 0 Å². The van der Waals surface area contributed by atoms with Gasteiger partial charge in [0.1, 0.15) is 11.2 Å². The average molecular weight is 346 g/mol. The Labute approximate surface area is 148 Å². The molecule has 0 saturated heterocycles. The lowest BCUT2D eigenvalue weighted by atomic mass is 9.86. The van der Waals surface area contributed by atoms with E-state index in [4.69, 9.17) is 4.74 Å². The largest absolute Gasteiger partial charge is 0.477 e. The van der Waals surface area contributed by atoms with Crippen LogP contribution >= 0.6 is 11.3 Å². The van der Waals surface area contributed by atoms with Gasteiger partial charge in [-0.3, -0.25) is 0 Å². The van der Waals surface area contributed by atoms with Gasteiger partial charge in [0.15, 0.2) is 0 Å². The monoisotopic (exact) mass is 345 g/mol. The zero-order chi connectivity index (χ0) is 16.5. The lowest BCUT2D eigenvalue weighted by Gasteiger charge is -2.33. The van der Waals surface area contributed by atoms with Crippen LogP contribution in [0.25, 0.3) is 10.2 Å². The highest BCUT2D eigenvalue weighted by Gasteiger charge is 2.25. The quantitative estimate of drug-likeness (QED) is 0.819. The first-order chi connectivity index (χ1) is 11.8. The van der Waals surface area contributed by atoms with Crippen molar-refractivity contribution >= 4 is 21.6 Å². The molecule has 0 bridgehead atoms. The second kappa shape index (κ2) is 6.96. The summed E-state index contributed by atoms with van der Waals surface area (Å²) < 4.78 is 6.21. The van der Waals surface area contributed by atoms with E-state index in [2.05, 4.69) is 28.8 Å². The van der Waals surface area contributed by atoms with Crippen molar-refractivity contribution in [1.29, 1.82) is 0 Å². The molecule has 2 aromatic heterocycles. The lowest BCUT2D eigenvalue weighted by Crippen LogP contribution is -2.35. The first-order valence-corrected chi connectivity index (χ1v) is 10.2. The number of rotatable bonds is 5. The van der Waals surface area contributed by atoms with Crippen molar-refractivity contribution in [3.8, 4) is 5.88 Å². The lowest BCUT2D eigenvalue weighted by molar-refractivity contribution is 0.138. The number of thiophene rings is 1. The molecule has 24 heavy (non-hydrogen) atoms. The van der Waals surface area contributed by atoms with Gasteiger partial charge in [-0.25, -0.2) is 9.97 Å². The van der Waals surface area contributed by atoms with Crippen LogP contribution in [-0.2, 0) is 12.8 Å². The second-order valence-corrected chi connectivity index (χ2v) is 8.36. The fraction of sp³-hybridized carbons (Fsp3) is 0.684. The summed E-state index contributed by atoms with van der Waals surface area (Å²) in [6.45, 7) is 4.20. The minimum Gasteiger partial charge on any atom is -0.477 e. The van der Waals surface area contributed by atoms with Crippen LogP contribution in [0, 0.1) is 5.92 Å². The van der Waals surface area contributed by atoms with Crippen LogP contribution in [0.3, 0.4) is 0 Å². The van der Waals surface area contributed by atoms with Gasteiger partial charge in [0.2, 0.25) is 5.88 Å². The van der Waals surface area contributed by atoms with Crippen LogP contribution < -0.4 is 4.74 Å². The van der Waals surface area contributed by atoms with Gasteiger partial charge in [-0.1, -0.05) is 6.92 Å². The normalized spacial score (nSPS) is 23.8. The molecule has 1 saturated carbocycles. The zero-order valence-corrected chi connectivity index (χ0v) is 15.6. The average Bonchev–Trinajstić information content (AvgIpc) is 3.20. The number of aryl methyl sites for hydroxylation is 2. The fourth-order valence-electron chi connectivity index (χ4n) is 4.22. The van der Waals surface area contributed by atoms with Crippen LogP contribution in [0.1, 0.15) is 49.5 Å². The molecule has 0 aromatic carbocycles. The van der Waals surface area contributed by atoms with E-state index in [1.807, 2.05) is 11.3 Å². The molecule has 1 fully saturated rings. The molecule has 2 aliphatic carbocycles. The summed E-state index contributed by atoms with van der Waals surface area (Å²) in [6.07, 6.45) is 10.4. The summed E-state index contributed by atoms with van der Waals surface area (Å²) in [7, 11) is 2.25. The number of nitrogens with zero attached hydrogens (tertiary/aromatic N) is 3. The van der Waals surface area contributed by atoms with Crippen LogP contribution in [0.2, 0.25) is 0 Å². The minimum absolute atomic E-state index is 0.670. The van der Waals surface area contributed by atoms with Gasteiger partial charge in [-0.05, 0) is 70.0 Å². The van der Waals surface area contributed by atoms with Crippen molar-refractivity contribution in [3.63, 3.8) is 0 Å². The molecule has 2 aromatic rings. The smallest absolute Gasteiger partial charge is 0.225 e. The highest BCUT2D eigenvalue weighted by atomic mass is 32.1. The third-order valence-corrected chi connectivity index (χ3v) is 7.06. The van der Waals surface area contributed by atoms with Crippen molar-refractivity contribution in [2.45, 2.75) is 57.9 Å². The summed E-state index contributed by atoms with van der Waals surface area (Å²) in [4.78, 5) is 14.0. The Morgan fingerprint density at radius 3 is 2.83 bits per heavy atom. The first-order valence-electron chi connectivity index (χ1n) is 9.34. The Hall–Kier alpha value is -1.20. The topological polar surface area (TPSA) is 38.2 Å². The molecule has 0 atom stereocenters. The maximum atomic E-state index is 6.21. The van der Waals surface area contributed by atoms with Crippen molar-refractivity contribution in [2.24, 2.45) is 5.92 Å². The first kappa shape index (κ1) is 16.3. The van der Waals surface area contributed by atoms with E-state index in [0.717, 1.165) is 36.3 Å². The van der Waals surface area contributed by atoms with Gasteiger partial charge in [0, 0.05) is 10.9 Å². The number of hydrogen-bond donors (Lipinski definition) is 0. The van der Waals surface area contributed by atoms with E-state index in [-0.39, 0.29) is 0 Å². The standard InChI is InChI=1S/C19H27N3OS/c1-3-22(2)14-9-7-13(8-10-14)11-23-18-17-15-5-4-6-16(15)24-19(17)21-12-20-18/h12-14H,3-11H2,1-2H3. The van der Waals surface area contributed by atoms with E-state index >= 15 is 0 Å². The summed E-state index contributed by atoms with van der Waals surface area (Å²) in [6, 6.07) is 0.761. The van der Waals surface area contributed by atoms with E-state index in [1.165, 1.54) is 54.4 Å². The predicted octanol–water partition coefficient (Wildman–Crippen LogP) is 4.07. The number of aromatic nitrogens is 2. The molecular formula is C19H27N3OS. The molecule has 0 N–H and O–H groups in total. The number of fused-ring (bicyclic) bond motifs is 3. The Morgan fingerprint density at radius 2 is 2.04 bits per heavy atom. The second-order valence-electron chi connectivity index (χ2n) is 7.28. The maximum absolute atomic E-state index is 6.21. The van der Waals surface area contributed by atoms with E-state index < -0.39 is 0 Å².